The summed E-state index contributed by atoms with van der Waals surface area (Å²) in [6.45, 7) is 1.99. The van der Waals surface area contributed by atoms with E-state index in [4.69, 9.17) is 0 Å². The standard InChI is InChI=1S/C10H10BrN3O/c1-2-8-9(11)10(15)14(13-8)7-3-5-12-6-4-7/h3-6,13H,2H2,1H3. The van der Waals surface area contributed by atoms with Gasteiger partial charge in [0.2, 0.25) is 0 Å². The lowest BCUT2D eigenvalue weighted by atomic mass is 10.3. The van der Waals surface area contributed by atoms with Gasteiger partial charge in [0.25, 0.3) is 5.56 Å². The molecular weight excluding hydrogens is 258 g/mol. The molecule has 0 aliphatic carbocycles. The van der Waals surface area contributed by atoms with Crippen molar-refractivity contribution in [3.8, 4) is 5.69 Å². The second kappa shape index (κ2) is 4.02. The van der Waals surface area contributed by atoms with Gasteiger partial charge in [-0.15, -0.1) is 0 Å². The van der Waals surface area contributed by atoms with Crippen LogP contribution in [0, 0.1) is 0 Å². The Balaban J connectivity index is 2.60. The zero-order chi connectivity index (χ0) is 10.8. The molecule has 0 aliphatic heterocycles. The van der Waals surface area contributed by atoms with E-state index in [1.165, 1.54) is 4.68 Å². The maximum atomic E-state index is 11.8. The van der Waals surface area contributed by atoms with Gasteiger partial charge in [-0.3, -0.25) is 14.9 Å². The molecule has 0 fully saturated rings. The Morgan fingerprint density at radius 2 is 2.13 bits per heavy atom. The zero-order valence-electron chi connectivity index (χ0n) is 8.20. The highest BCUT2D eigenvalue weighted by Crippen LogP contribution is 2.12. The first-order valence-electron chi connectivity index (χ1n) is 4.64. The monoisotopic (exact) mass is 267 g/mol. The average molecular weight is 268 g/mol. The molecule has 0 amide bonds. The molecule has 0 saturated carbocycles. The lowest BCUT2D eigenvalue weighted by molar-refractivity contribution is 0.817. The van der Waals surface area contributed by atoms with Gasteiger partial charge in [-0.1, -0.05) is 6.92 Å². The third kappa shape index (κ3) is 1.74. The van der Waals surface area contributed by atoms with Gasteiger partial charge in [0.1, 0.15) is 4.47 Å². The first kappa shape index (κ1) is 10.2. The number of aryl methyl sites for hydroxylation is 1. The van der Waals surface area contributed by atoms with E-state index in [1.807, 2.05) is 6.92 Å². The van der Waals surface area contributed by atoms with Crippen molar-refractivity contribution in [2.45, 2.75) is 13.3 Å². The molecule has 4 nitrogen and oxygen atoms in total. The van der Waals surface area contributed by atoms with Crippen molar-refractivity contribution in [2.24, 2.45) is 0 Å². The summed E-state index contributed by atoms with van der Waals surface area (Å²) in [5, 5.41) is 3.05. The first-order chi connectivity index (χ1) is 7.24. The number of rotatable bonds is 2. The van der Waals surface area contributed by atoms with E-state index >= 15 is 0 Å². The van der Waals surface area contributed by atoms with Crippen LogP contribution in [0.2, 0.25) is 0 Å². The van der Waals surface area contributed by atoms with Gasteiger partial charge in [0, 0.05) is 12.4 Å². The zero-order valence-corrected chi connectivity index (χ0v) is 9.78. The van der Waals surface area contributed by atoms with Gasteiger partial charge in [-0.25, -0.2) is 4.68 Å². The summed E-state index contributed by atoms with van der Waals surface area (Å²) < 4.78 is 2.10. The molecule has 15 heavy (non-hydrogen) atoms. The van der Waals surface area contributed by atoms with Crippen LogP contribution >= 0.6 is 15.9 Å². The molecule has 0 aliphatic rings. The smallest absolute Gasteiger partial charge is 0.285 e. The second-order valence-corrected chi connectivity index (χ2v) is 3.90. The molecule has 0 saturated heterocycles. The molecule has 2 aromatic heterocycles. The minimum absolute atomic E-state index is 0.0712. The van der Waals surface area contributed by atoms with Crippen molar-refractivity contribution < 1.29 is 0 Å². The Bertz CT molecular complexity index is 515. The van der Waals surface area contributed by atoms with Gasteiger partial charge in [0.05, 0.1) is 11.4 Å². The van der Waals surface area contributed by atoms with E-state index in [2.05, 4.69) is 26.0 Å². The van der Waals surface area contributed by atoms with Crippen LogP contribution in [-0.4, -0.2) is 14.8 Å². The molecule has 0 atom stereocenters. The van der Waals surface area contributed by atoms with Crippen molar-refractivity contribution in [3.63, 3.8) is 0 Å². The number of halogens is 1. The summed E-state index contributed by atoms with van der Waals surface area (Å²) >= 11 is 3.28. The van der Waals surface area contributed by atoms with Crippen molar-refractivity contribution in [2.75, 3.05) is 0 Å². The van der Waals surface area contributed by atoms with E-state index < -0.39 is 0 Å². The Hall–Kier alpha value is -1.36. The fourth-order valence-corrected chi connectivity index (χ4v) is 1.92. The van der Waals surface area contributed by atoms with E-state index in [0.29, 0.717) is 4.47 Å². The summed E-state index contributed by atoms with van der Waals surface area (Å²) in [5.41, 5.74) is 1.62. The summed E-state index contributed by atoms with van der Waals surface area (Å²) in [6.07, 6.45) is 4.10. The molecule has 2 rings (SSSR count). The lowest BCUT2D eigenvalue weighted by Gasteiger charge is -1.99. The molecule has 1 N–H and O–H groups in total. The molecule has 78 valence electrons. The quantitative estimate of drug-likeness (QED) is 0.904. The molecule has 0 bridgehead atoms. The van der Waals surface area contributed by atoms with E-state index in [1.54, 1.807) is 24.5 Å². The fraction of sp³-hybridized carbons (Fsp3) is 0.200. The van der Waals surface area contributed by atoms with E-state index in [0.717, 1.165) is 17.8 Å². The predicted molar refractivity (Wildman–Crippen MR) is 61.3 cm³/mol. The van der Waals surface area contributed by atoms with Crippen LogP contribution in [0.15, 0.2) is 33.8 Å². The van der Waals surface area contributed by atoms with Crippen LogP contribution in [0.5, 0.6) is 0 Å². The third-order valence-electron chi connectivity index (χ3n) is 2.18. The highest BCUT2D eigenvalue weighted by molar-refractivity contribution is 9.10. The summed E-state index contributed by atoms with van der Waals surface area (Å²) in [7, 11) is 0. The molecule has 0 aromatic carbocycles. The Morgan fingerprint density at radius 3 is 2.67 bits per heavy atom. The van der Waals surface area contributed by atoms with Crippen LogP contribution in [0.1, 0.15) is 12.6 Å². The number of pyridine rings is 1. The van der Waals surface area contributed by atoms with Gasteiger partial charge in [0.15, 0.2) is 0 Å². The molecular formula is C10H10BrN3O. The molecule has 2 heterocycles. The van der Waals surface area contributed by atoms with Gasteiger partial charge in [-0.2, -0.15) is 0 Å². The SMILES string of the molecule is CCc1[nH]n(-c2ccncc2)c(=O)c1Br. The Morgan fingerprint density at radius 1 is 1.47 bits per heavy atom. The number of H-pyrrole nitrogens is 1. The molecule has 2 aromatic rings. The van der Waals surface area contributed by atoms with Crippen LogP contribution < -0.4 is 5.56 Å². The van der Waals surface area contributed by atoms with Crippen LogP contribution in [0.4, 0.5) is 0 Å². The normalized spacial score (nSPS) is 10.5. The van der Waals surface area contributed by atoms with Crippen molar-refractivity contribution in [1.29, 1.82) is 0 Å². The number of nitrogens with zero attached hydrogens (tertiary/aromatic N) is 2. The largest absolute Gasteiger partial charge is 0.294 e. The Kier molecular flexibility index (Phi) is 2.73. The minimum atomic E-state index is -0.0712. The average Bonchev–Trinajstić information content (AvgIpc) is 2.57. The maximum absolute atomic E-state index is 11.8. The number of aromatic amines is 1. The number of hydrogen-bond donors (Lipinski definition) is 1. The second-order valence-electron chi connectivity index (χ2n) is 3.10. The molecule has 5 heteroatoms. The molecule has 0 unspecified atom stereocenters. The molecule has 0 spiro atoms. The van der Waals surface area contributed by atoms with Crippen LogP contribution in [-0.2, 0) is 6.42 Å². The third-order valence-corrected chi connectivity index (χ3v) is 2.99. The highest BCUT2D eigenvalue weighted by Gasteiger charge is 2.10. The highest BCUT2D eigenvalue weighted by atomic mass is 79.9. The summed E-state index contributed by atoms with van der Waals surface area (Å²) in [4.78, 5) is 15.7. The predicted octanol–water partition coefficient (Wildman–Crippen LogP) is 1.89. The minimum Gasteiger partial charge on any atom is -0.294 e. The van der Waals surface area contributed by atoms with Crippen molar-refractivity contribution >= 4 is 15.9 Å². The van der Waals surface area contributed by atoms with Crippen LogP contribution in [0.3, 0.4) is 0 Å². The van der Waals surface area contributed by atoms with E-state index in [-0.39, 0.29) is 5.56 Å². The van der Waals surface area contributed by atoms with Crippen molar-refractivity contribution in [3.05, 3.63) is 45.0 Å². The fourth-order valence-electron chi connectivity index (χ4n) is 1.37. The van der Waals surface area contributed by atoms with Gasteiger partial charge < -0.3 is 0 Å². The van der Waals surface area contributed by atoms with Gasteiger partial charge in [-0.05, 0) is 34.5 Å². The number of aromatic nitrogens is 3. The van der Waals surface area contributed by atoms with Crippen LogP contribution in [0.25, 0.3) is 5.69 Å². The summed E-state index contributed by atoms with van der Waals surface area (Å²) in [6, 6.07) is 3.56. The van der Waals surface area contributed by atoms with Gasteiger partial charge >= 0.3 is 0 Å². The maximum Gasteiger partial charge on any atom is 0.285 e. The Labute approximate surface area is 95.1 Å². The summed E-state index contributed by atoms with van der Waals surface area (Å²) in [5.74, 6) is 0. The lowest BCUT2D eigenvalue weighted by Crippen LogP contribution is -2.14. The van der Waals surface area contributed by atoms with Crippen molar-refractivity contribution in [1.82, 2.24) is 14.8 Å². The topological polar surface area (TPSA) is 50.7 Å². The molecule has 0 radical (unpaired) electrons. The first-order valence-corrected chi connectivity index (χ1v) is 5.43. The number of hydrogen-bond acceptors (Lipinski definition) is 2. The number of nitrogens with one attached hydrogen (secondary N) is 1. The van der Waals surface area contributed by atoms with E-state index in [9.17, 15) is 4.79 Å².